The highest BCUT2D eigenvalue weighted by Crippen LogP contribution is 2.24. The van der Waals surface area contributed by atoms with Gasteiger partial charge in [-0.05, 0) is 24.3 Å². The summed E-state index contributed by atoms with van der Waals surface area (Å²) in [6.45, 7) is 8.97. The number of hydrogen-bond acceptors (Lipinski definition) is 0. The van der Waals surface area contributed by atoms with Crippen molar-refractivity contribution in [1.82, 2.24) is 0 Å². The second-order valence-electron chi connectivity index (χ2n) is 4.83. The second kappa shape index (κ2) is 4.45. The molecule has 1 rings (SSSR count). The van der Waals surface area contributed by atoms with Crippen molar-refractivity contribution in [3.63, 3.8) is 0 Å². The number of allylic oxidation sites excluding steroid dienone is 2. The van der Waals surface area contributed by atoms with Gasteiger partial charge in [0.2, 0.25) is 0 Å². The Morgan fingerprint density at radius 1 is 1.14 bits per heavy atom. The van der Waals surface area contributed by atoms with Gasteiger partial charge in [0.1, 0.15) is 0 Å². The Kier molecular flexibility index (Phi) is 3.51. The maximum atomic E-state index is 2.33. The molecule has 14 heavy (non-hydrogen) atoms. The average molecular weight is 188 g/mol. The molecule has 0 aliphatic carbocycles. The lowest BCUT2D eigenvalue weighted by Crippen LogP contribution is -2.06. The van der Waals surface area contributed by atoms with E-state index >= 15 is 0 Å². The summed E-state index contributed by atoms with van der Waals surface area (Å²) >= 11 is 0. The summed E-state index contributed by atoms with van der Waals surface area (Å²) < 4.78 is 0. The highest BCUT2D eigenvalue weighted by Gasteiger charge is 2.11. The van der Waals surface area contributed by atoms with Crippen LogP contribution < -0.4 is 0 Å². The van der Waals surface area contributed by atoms with Gasteiger partial charge in [-0.3, -0.25) is 0 Å². The third-order valence-electron chi connectivity index (χ3n) is 2.67. The van der Waals surface area contributed by atoms with Gasteiger partial charge in [0, 0.05) is 0 Å². The van der Waals surface area contributed by atoms with Crippen molar-refractivity contribution in [3.05, 3.63) is 47.5 Å². The van der Waals surface area contributed by atoms with Crippen LogP contribution in [0.5, 0.6) is 0 Å². The fourth-order valence-electron chi connectivity index (χ4n) is 1.19. The normalized spacial score (nSPS) is 13.0. The van der Waals surface area contributed by atoms with Crippen molar-refractivity contribution in [1.29, 1.82) is 0 Å². The molecule has 0 N–H and O–H groups in total. The first-order valence-corrected chi connectivity index (χ1v) is 5.21. The van der Waals surface area contributed by atoms with Crippen molar-refractivity contribution in [3.8, 4) is 0 Å². The van der Waals surface area contributed by atoms with Gasteiger partial charge in [0.25, 0.3) is 0 Å². The summed E-state index contributed by atoms with van der Waals surface area (Å²) in [5.41, 5.74) is 3.15. The Hall–Kier alpha value is -1.04. The topological polar surface area (TPSA) is 0 Å². The maximum Gasteiger partial charge on any atom is -0.00947 e. The third-order valence-corrected chi connectivity index (χ3v) is 2.67. The SMILES string of the molecule is CC(=CCc1ccccc1)C(C)(C)C. The van der Waals surface area contributed by atoms with Crippen molar-refractivity contribution >= 4 is 0 Å². The lowest BCUT2D eigenvalue weighted by molar-refractivity contribution is 0.502. The van der Waals surface area contributed by atoms with E-state index in [2.05, 4.69) is 64.1 Å². The van der Waals surface area contributed by atoms with Crippen LogP contribution in [0.15, 0.2) is 42.0 Å². The largest absolute Gasteiger partial charge is 0.0807 e. The third kappa shape index (κ3) is 3.37. The molecule has 1 aromatic carbocycles. The summed E-state index contributed by atoms with van der Waals surface area (Å²) in [4.78, 5) is 0. The van der Waals surface area contributed by atoms with E-state index in [4.69, 9.17) is 0 Å². The van der Waals surface area contributed by atoms with Gasteiger partial charge in [-0.15, -0.1) is 0 Å². The smallest absolute Gasteiger partial charge is 0.00947 e. The number of hydrogen-bond donors (Lipinski definition) is 0. The van der Waals surface area contributed by atoms with Crippen LogP contribution in [0.2, 0.25) is 0 Å². The molecular formula is C14H20. The Bertz CT molecular complexity index is 299. The molecule has 0 amide bonds. The van der Waals surface area contributed by atoms with Crippen LogP contribution >= 0.6 is 0 Å². The van der Waals surface area contributed by atoms with Crippen LogP contribution in [-0.4, -0.2) is 0 Å². The molecule has 0 aromatic heterocycles. The minimum absolute atomic E-state index is 0.300. The second-order valence-corrected chi connectivity index (χ2v) is 4.83. The number of benzene rings is 1. The first kappa shape index (κ1) is 11.0. The Morgan fingerprint density at radius 2 is 1.71 bits per heavy atom. The average Bonchev–Trinajstić information content (AvgIpc) is 2.14. The highest BCUT2D eigenvalue weighted by molar-refractivity contribution is 5.20. The van der Waals surface area contributed by atoms with Crippen molar-refractivity contribution in [2.24, 2.45) is 5.41 Å². The summed E-state index contributed by atoms with van der Waals surface area (Å²) in [6.07, 6.45) is 3.37. The van der Waals surface area contributed by atoms with E-state index in [9.17, 15) is 0 Å². The molecule has 1 aromatic rings. The molecule has 0 saturated heterocycles. The van der Waals surface area contributed by atoms with Crippen molar-refractivity contribution < 1.29 is 0 Å². The minimum Gasteiger partial charge on any atom is -0.0807 e. The molecule has 0 fully saturated rings. The van der Waals surface area contributed by atoms with Crippen LogP contribution in [0.4, 0.5) is 0 Å². The van der Waals surface area contributed by atoms with Gasteiger partial charge in [-0.25, -0.2) is 0 Å². The zero-order valence-corrected chi connectivity index (χ0v) is 9.67. The zero-order valence-electron chi connectivity index (χ0n) is 9.67. The Labute approximate surface area is 87.7 Å². The lowest BCUT2D eigenvalue weighted by atomic mass is 9.87. The fraction of sp³-hybridized carbons (Fsp3) is 0.429. The Balaban J connectivity index is 2.65. The van der Waals surface area contributed by atoms with Crippen LogP contribution in [0.1, 0.15) is 33.3 Å². The highest BCUT2D eigenvalue weighted by atomic mass is 14.2. The molecular weight excluding hydrogens is 168 g/mol. The molecule has 0 aliphatic heterocycles. The maximum absolute atomic E-state index is 2.33. The molecule has 0 atom stereocenters. The molecule has 0 heterocycles. The predicted octanol–water partition coefficient (Wildman–Crippen LogP) is 4.22. The van der Waals surface area contributed by atoms with Crippen molar-refractivity contribution in [2.45, 2.75) is 34.1 Å². The summed E-state index contributed by atoms with van der Waals surface area (Å²) in [7, 11) is 0. The molecule has 76 valence electrons. The van der Waals surface area contributed by atoms with Gasteiger partial charge in [0.05, 0.1) is 0 Å². The van der Waals surface area contributed by atoms with Crippen LogP contribution in [-0.2, 0) is 6.42 Å². The predicted molar refractivity (Wildman–Crippen MR) is 63.4 cm³/mol. The molecule has 0 unspecified atom stereocenters. The van der Waals surface area contributed by atoms with Gasteiger partial charge < -0.3 is 0 Å². The Morgan fingerprint density at radius 3 is 2.21 bits per heavy atom. The van der Waals surface area contributed by atoms with E-state index in [-0.39, 0.29) is 0 Å². The van der Waals surface area contributed by atoms with E-state index in [1.807, 2.05) is 0 Å². The quantitative estimate of drug-likeness (QED) is 0.609. The molecule has 0 bridgehead atoms. The lowest BCUT2D eigenvalue weighted by Gasteiger charge is -2.19. The molecule has 0 spiro atoms. The summed E-state index contributed by atoms with van der Waals surface area (Å²) in [6, 6.07) is 10.6. The first-order valence-electron chi connectivity index (χ1n) is 5.21. The standard InChI is InChI=1S/C14H20/c1-12(14(2,3)4)10-11-13-8-6-5-7-9-13/h5-10H,11H2,1-4H3. The van der Waals surface area contributed by atoms with E-state index in [1.165, 1.54) is 11.1 Å². The van der Waals surface area contributed by atoms with E-state index in [1.54, 1.807) is 0 Å². The molecule has 0 nitrogen and oxygen atoms in total. The summed E-state index contributed by atoms with van der Waals surface area (Å²) in [5.74, 6) is 0. The van der Waals surface area contributed by atoms with E-state index in [0.717, 1.165) is 6.42 Å². The van der Waals surface area contributed by atoms with Gasteiger partial charge in [-0.2, -0.15) is 0 Å². The van der Waals surface area contributed by atoms with Gasteiger partial charge in [0.15, 0.2) is 0 Å². The number of rotatable bonds is 2. The molecule has 0 radical (unpaired) electrons. The summed E-state index contributed by atoms with van der Waals surface area (Å²) in [5, 5.41) is 0. The zero-order chi connectivity index (χ0) is 10.6. The van der Waals surface area contributed by atoms with Crippen LogP contribution in [0.3, 0.4) is 0 Å². The van der Waals surface area contributed by atoms with Gasteiger partial charge >= 0.3 is 0 Å². The van der Waals surface area contributed by atoms with Crippen molar-refractivity contribution in [2.75, 3.05) is 0 Å². The van der Waals surface area contributed by atoms with Crippen LogP contribution in [0.25, 0.3) is 0 Å². The van der Waals surface area contributed by atoms with E-state index in [0.29, 0.717) is 5.41 Å². The molecule has 0 saturated carbocycles. The first-order chi connectivity index (χ1) is 6.50. The van der Waals surface area contributed by atoms with Gasteiger partial charge in [-0.1, -0.05) is 62.8 Å². The minimum atomic E-state index is 0.300. The van der Waals surface area contributed by atoms with Crippen LogP contribution in [0, 0.1) is 5.41 Å². The monoisotopic (exact) mass is 188 g/mol. The fourth-order valence-corrected chi connectivity index (χ4v) is 1.19. The molecule has 0 heteroatoms. The van der Waals surface area contributed by atoms with E-state index < -0.39 is 0 Å². The molecule has 0 aliphatic rings.